The fourth-order valence-electron chi connectivity index (χ4n) is 2.84. The standard InChI is InChI=1S/C20H21OP2.BrH/c1-21-17-22-23(18-11-5-2-6-12-18,19-13-7-3-8-14-19)20-15-9-4-10-16-20;/h2-16,22H,17H2,1H3;1H/q+1;/p-1. The third-order valence-corrected chi connectivity index (χ3v) is 12.1. The van der Waals surface area contributed by atoms with E-state index in [1.165, 1.54) is 15.9 Å². The molecule has 0 aliphatic rings. The van der Waals surface area contributed by atoms with Crippen molar-refractivity contribution in [3.63, 3.8) is 0 Å². The molecule has 1 unspecified atom stereocenters. The summed E-state index contributed by atoms with van der Waals surface area (Å²) in [4.78, 5) is 0. The Labute approximate surface area is 157 Å². The van der Waals surface area contributed by atoms with Crippen LogP contribution >= 0.6 is 15.2 Å². The predicted octanol–water partition coefficient (Wildman–Crippen LogP) is 1.18. The predicted molar refractivity (Wildman–Crippen MR) is 105 cm³/mol. The maximum absolute atomic E-state index is 5.50. The quantitative estimate of drug-likeness (QED) is 0.546. The lowest BCUT2D eigenvalue weighted by Crippen LogP contribution is -3.00. The van der Waals surface area contributed by atoms with Crippen LogP contribution in [-0.4, -0.2) is 13.5 Å². The third-order valence-electron chi connectivity index (χ3n) is 3.88. The van der Waals surface area contributed by atoms with Crippen molar-refractivity contribution in [2.24, 2.45) is 0 Å². The topological polar surface area (TPSA) is 9.23 Å². The van der Waals surface area contributed by atoms with Crippen molar-refractivity contribution in [2.75, 3.05) is 13.5 Å². The van der Waals surface area contributed by atoms with E-state index in [1.807, 2.05) is 0 Å². The molecule has 0 aliphatic carbocycles. The lowest BCUT2D eigenvalue weighted by Gasteiger charge is -2.26. The summed E-state index contributed by atoms with van der Waals surface area (Å²) in [6.45, 7) is -1.67. The average Bonchev–Trinajstić information content (AvgIpc) is 2.65. The van der Waals surface area contributed by atoms with Gasteiger partial charge in [-0.1, -0.05) is 54.6 Å². The fourth-order valence-corrected chi connectivity index (χ4v) is 10.4. The Balaban J connectivity index is 0.00000208. The highest BCUT2D eigenvalue weighted by Crippen LogP contribution is 2.70. The summed E-state index contributed by atoms with van der Waals surface area (Å²) in [7, 11) is 2.51. The highest BCUT2D eigenvalue weighted by molar-refractivity contribution is 8.42. The molecule has 0 amide bonds. The number of hydrogen-bond donors (Lipinski definition) is 0. The van der Waals surface area contributed by atoms with Gasteiger partial charge in [0.05, 0.1) is 14.6 Å². The lowest BCUT2D eigenvalue weighted by molar-refractivity contribution is -0.00000462. The van der Waals surface area contributed by atoms with E-state index in [0.717, 1.165) is 6.35 Å². The molecule has 3 rings (SSSR count). The van der Waals surface area contributed by atoms with E-state index < -0.39 is 6.95 Å². The molecule has 3 aromatic rings. The Bertz CT molecular complexity index is 624. The first-order chi connectivity index (χ1) is 11.4. The summed E-state index contributed by atoms with van der Waals surface area (Å²) in [6, 6.07) is 32.8. The molecule has 0 aliphatic heterocycles. The number of methoxy groups -OCH3 is 1. The van der Waals surface area contributed by atoms with Gasteiger partial charge >= 0.3 is 0 Å². The van der Waals surface area contributed by atoms with Gasteiger partial charge in [0.2, 0.25) is 0 Å². The first-order valence-corrected chi connectivity index (χ1v) is 11.5. The van der Waals surface area contributed by atoms with E-state index in [1.54, 1.807) is 7.11 Å². The number of ether oxygens (including phenoxy) is 1. The van der Waals surface area contributed by atoms with Gasteiger partial charge in [-0.25, -0.2) is 0 Å². The minimum absolute atomic E-state index is 0. The third kappa shape index (κ3) is 3.95. The SMILES string of the molecule is COCP[P+](c1ccccc1)(c1ccccc1)c1ccccc1.[Br-]. The smallest absolute Gasteiger partial charge is 0.129 e. The Kier molecular flexibility index (Phi) is 7.59. The maximum Gasteiger partial charge on any atom is 0.129 e. The maximum atomic E-state index is 5.50. The monoisotopic (exact) mass is 418 g/mol. The van der Waals surface area contributed by atoms with E-state index in [-0.39, 0.29) is 17.0 Å². The first-order valence-electron chi connectivity index (χ1n) is 7.68. The van der Waals surface area contributed by atoms with E-state index in [4.69, 9.17) is 4.74 Å². The van der Waals surface area contributed by atoms with Gasteiger partial charge in [0, 0.05) is 7.11 Å². The van der Waals surface area contributed by atoms with Gasteiger partial charge < -0.3 is 21.7 Å². The van der Waals surface area contributed by atoms with Gasteiger partial charge in [-0.2, -0.15) is 0 Å². The van der Waals surface area contributed by atoms with Crippen LogP contribution < -0.4 is 32.9 Å². The normalized spacial score (nSPS) is 11.4. The van der Waals surface area contributed by atoms with Crippen molar-refractivity contribution in [1.29, 1.82) is 0 Å². The number of hydrogen-bond acceptors (Lipinski definition) is 1. The second-order valence-electron chi connectivity index (χ2n) is 5.27. The molecule has 0 aromatic heterocycles. The molecule has 124 valence electrons. The van der Waals surface area contributed by atoms with Crippen molar-refractivity contribution in [3.05, 3.63) is 91.0 Å². The average molecular weight is 419 g/mol. The minimum Gasteiger partial charge on any atom is -1.00 e. The molecule has 0 saturated carbocycles. The molecule has 0 saturated heterocycles. The molecular formula is C20H21BrOP2. The van der Waals surface area contributed by atoms with Crippen LogP contribution in [0.15, 0.2) is 91.0 Å². The Hall–Kier alpha value is -1.04. The zero-order valence-corrected chi connectivity index (χ0v) is 17.1. The molecule has 4 heteroatoms. The van der Waals surface area contributed by atoms with Gasteiger partial charge in [-0.15, -0.1) is 0 Å². The van der Waals surface area contributed by atoms with Crippen LogP contribution in [0.4, 0.5) is 0 Å². The second-order valence-corrected chi connectivity index (χ2v) is 11.7. The Morgan fingerprint density at radius 2 is 1.00 bits per heavy atom. The van der Waals surface area contributed by atoms with Crippen LogP contribution in [0.2, 0.25) is 0 Å². The summed E-state index contributed by atoms with van der Waals surface area (Å²) in [6.07, 6.45) is 0.784. The molecule has 0 fully saturated rings. The fraction of sp³-hybridized carbons (Fsp3) is 0.100. The zero-order valence-electron chi connectivity index (χ0n) is 13.6. The second kappa shape index (κ2) is 9.44. The van der Waals surface area contributed by atoms with Gasteiger partial charge in [0.1, 0.15) is 22.9 Å². The van der Waals surface area contributed by atoms with E-state index >= 15 is 0 Å². The highest BCUT2D eigenvalue weighted by Gasteiger charge is 2.45. The molecule has 1 nitrogen and oxygen atoms in total. The van der Waals surface area contributed by atoms with E-state index in [2.05, 4.69) is 91.0 Å². The van der Waals surface area contributed by atoms with Crippen LogP contribution in [-0.2, 0) is 4.74 Å². The molecule has 0 N–H and O–H groups in total. The van der Waals surface area contributed by atoms with Crippen molar-refractivity contribution in [3.8, 4) is 0 Å². The number of halogens is 1. The number of benzene rings is 3. The lowest BCUT2D eigenvalue weighted by atomic mass is 10.4. The molecule has 1 atom stereocenters. The van der Waals surface area contributed by atoms with Crippen LogP contribution in [0, 0.1) is 0 Å². The van der Waals surface area contributed by atoms with Crippen LogP contribution in [0.25, 0.3) is 0 Å². The minimum atomic E-state index is -1.67. The summed E-state index contributed by atoms with van der Waals surface area (Å²) >= 11 is 0. The summed E-state index contributed by atoms with van der Waals surface area (Å²) in [5.74, 6) is 0. The summed E-state index contributed by atoms with van der Waals surface area (Å²) < 4.78 is 5.50. The molecule has 0 bridgehead atoms. The van der Waals surface area contributed by atoms with E-state index in [9.17, 15) is 0 Å². The molecule has 0 spiro atoms. The van der Waals surface area contributed by atoms with Gasteiger partial charge in [0.15, 0.2) is 0 Å². The molecule has 24 heavy (non-hydrogen) atoms. The van der Waals surface area contributed by atoms with E-state index in [0.29, 0.717) is 8.27 Å². The van der Waals surface area contributed by atoms with Gasteiger partial charge in [0.25, 0.3) is 0 Å². The Morgan fingerprint density at radius 3 is 1.29 bits per heavy atom. The highest BCUT2D eigenvalue weighted by atomic mass is 79.9. The number of rotatable bonds is 6. The van der Waals surface area contributed by atoms with Crippen LogP contribution in [0.5, 0.6) is 0 Å². The zero-order chi connectivity index (χ0) is 16.0. The Morgan fingerprint density at radius 1 is 0.667 bits per heavy atom. The van der Waals surface area contributed by atoms with Crippen molar-refractivity contribution < 1.29 is 21.7 Å². The van der Waals surface area contributed by atoms with Crippen molar-refractivity contribution in [1.82, 2.24) is 0 Å². The summed E-state index contributed by atoms with van der Waals surface area (Å²) in [5.41, 5.74) is 0. The van der Waals surface area contributed by atoms with Gasteiger partial charge in [-0.05, 0) is 36.4 Å². The largest absolute Gasteiger partial charge is 1.00 e. The van der Waals surface area contributed by atoms with Crippen molar-refractivity contribution in [2.45, 2.75) is 0 Å². The van der Waals surface area contributed by atoms with Crippen LogP contribution in [0.3, 0.4) is 0 Å². The first kappa shape index (κ1) is 19.3. The van der Waals surface area contributed by atoms with Crippen LogP contribution in [0.1, 0.15) is 0 Å². The molecule has 0 heterocycles. The molecular weight excluding hydrogens is 398 g/mol. The molecule has 3 aromatic carbocycles. The summed E-state index contributed by atoms with van der Waals surface area (Å²) in [5, 5.41) is 4.27. The molecule has 0 radical (unpaired) electrons. The van der Waals surface area contributed by atoms with Gasteiger partial charge in [-0.3, -0.25) is 0 Å². The van der Waals surface area contributed by atoms with Crippen molar-refractivity contribution >= 4 is 31.1 Å².